The lowest BCUT2D eigenvalue weighted by Crippen LogP contribution is -2.31. The molecule has 0 aliphatic heterocycles. The molecule has 5 nitrogen and oxygen atoms in total. The molecule has 1 amide bonds. The molecule has 0 saturated heterocycles. The van der Waals surface area contributed by atoms with Gasteiger partial charge < -0.3 is 5.32 Å². The Morgan fingerprint density at radius 3 is 2.54 bits per heavy atom. The number of nitrogens with one attached hydrogen (secondary N) is 1. The highest BCUT2D eigenvalue weighted by atomic mass is 32.2. The maximum absolute atomic E-state index is 12.8. The van der Waals surface area contributed by atoms with Gasteiger partial charge in [-0.2, -0.15) is 0 Å². The smallest absolute Gasteiger partial charge is 0.253 e. The Bertz CT molecular complexity index is 938. The van der Waals surface area contributed by atoms with Crippen LogP contribution in [0.25, 0.3) is 0 Å². The first-order valence-corrected chi connectivity index (χ1v) is 10.6. The highest BCUT2D eigenvalue weighted by Crippen LogP contribution is 2.26. The number of hydrogen-bond donors (Lipinski definition) is 1. The van der Waals surface area contributed by atoms with E-state index in [2.05, 4.69) is 23.5 Å². The zero-order valence-corrected chi connectivity index (χ0v) is 16.1. The molecule has 0 spiro atoms. The Labute approximate surface area is 155 Å². The quantitative estimate of drug-likeness (QED) is 0.877. The summed E-state index contributed by atoms with van der Waals surface area (Å²) < 4.78 is 24.8. The van der Waals surface area contributed by atoms with Gasteiger partial charge in [0.15, 0.2) is 0 Å². The van der Waals surface area contributed by atoms with Gasteiger partial charge in [-0.3, -0.25) is 9.10 Å². The first-order valence-electron chi connectivity index (χ1n) is 8.73. The highest BCUT2D eigenvalue weighted by molar-refractivity contribution is 7.92. The van der Waals surface area contributed by atoms with Gasteiger partial charge in [-0.05, 0) is 55.0 Å². The van der Waals surface area contributed by atoms with Gasteiger partial charge in [-0.1, -0.05) is 30.3 Å². The number of carbonyl (C=O) groups is 1. The van der Waals surface area contributed by atoms with Crippen molar-refractivity contribution in [1.82, 2.24) is 5.32 Å². The van der Waals surface area contributed by atoms with Gasteiger partial charge in [-0.15, -0.1) is 0 Å². The van der Waals surface area contributed by atoms with Crippen LogP contribution in [0.5, 0.6) is 0 Å². The van der Waals surface area contributed by atoms with Gasteiger partial charge >= 0.3 is 0 Å². The second-order valence-electron chi connectivity index (χ2n) is 6.82. The number of sulfonamides is 1. The van der Waals surface area contributed by atoms with Crippen molar-refractivity contribution >= 4 is 21.6 Å². The topological polar surface area (TPSA) is 66.5 Å². The van der Waals surface area contributed by atoms with Crippen LogP contribution >= 0.6 is 0 Å². The van der Waals surface area contributed by atoms with Crippen LogP contribution in [0.15, 0.2) is 42.5 Å². The largest absolute Gasteiger partial charge is 0.345 e. The lowest BCUT2D eigenvalue weighted by Gasteiger charge is -2.21. The van der Waals surface area contributed by atoms with Crippen molar-refractivity contribution in [2.24, 2.45) is 0 Å². The number of hydrogen-bond acceptors (Lipinski definition) is 3. The minimum absolute atomic E-state index is 0.162. The monoisotopic (exact) mass is 372 g/mol. The van der Waals surface area contributed by atoms with Crippen LogP contribution in [0.4, 0.5) is 5.69 Å². The normalized spacial score (nSPS) is 14.6. The van der Waals surface area contributed by atoms with Crippen LogP contribution < -0.4 is 9.62 Å². The summed E-state index contributed by atoms with van der Waals surface area (Å²) in [7, 11) is -2.00. The molecule has 2 aromatic carbocycles. The SMILES string of the molecule is CC(NC(=O)c1ccccc1N(C)S(C)(=O)=O)c1ccc2c(c1)CCC2. The zero-order chi connectivity index (χ0) is 18.9. The van der Waals surface area contributed by atoms with Crippen LogP contribution in [0.2, 0.25) is 0 Å². The number of aryl methyl sites for hydroxylation is 2. The Kier molecular flexibility index (Phi) is 5.05. The second kappa shape index (κ2) is 7.11. The molecule has 1 aliphatic carbocycles. The van der Waals surface area contributed by atoms with E-state index in [0.717, 1.165) is 29.0 Å². The van der Waals surface area contributed by atoms with Crippen molar-refractivity contribution in [3.8, 4) is 0 Å². The molecule has 0 radical (unpaired) electrons. The standard InChI is InChI=1S/C20H24N2O3S/c1-14(16-12-11-15-7-6-8-17(15)13-16)21-20(23)18-9-4-5-10-19(18)22(2)26(3,24)25/h4-5,9-14H,6-8H2,1-3H3,(H,21,23). The fourth-order valence-electron chi connectivity index (χ4n) is 3.34. The van der Waals surface area contributed by atoms with E-state index in [0.29, 0.717) is 11.3 Å². The third-order valence-corrected chi connectivity index (χ3v) is 6.15. The predicted octanol–water partition coefficient (Wildman–Crippen LogP) is 3.06. The third kappa shape index (κ3) is 3.75. The zero-order valence-electron chi connectivity index (χ0n) is 15.3. The number of fused-ring (bicyclic) bond motifs is 1. The molecule has 26 heavy (non-hydrogen) atoms. The average Bonchev–Trinajstić information content (AvgIpc) is 3.07. The van der Waals surface area contributed by atoms with Crippen LogP contribution in [-0.4, -0.2) is 27.6 Å². The van der Waals surface area contributed by atoms with Crippen molar-refractivity contribution in [1.29, 1.82) is 0 Å². The van der Waals surface area contributed by atoms with E-state index in [1.807, 2.05) is 6.92 Å². The molecule has 6 heteroatoms. The van der Waals surface area contributed by atoms with Crippen molar-refractivity contribution in [3.63, 3.8) is 0 Å². The first kappa shape index (κ1) is 18.5. The van der Waals surface area contributed by atoms with E-state index in [1.54, 1.807) is 24.3 Å². The summed E-state index contributed by atoms with van der Waals surface area (Å²) in [5, 5.41) is 2.99. The lowest BCUT2D eigenvalue weighted by molar-refractivity contribution is 0.0940. The second-order valence-corrected chi connectivity index (χ2v) is 8.84. The first-order chi connectivity index (χ1) is 12.3. The fraction of sp³-hybridized carbons (Fsp3) is 0.350. The molecule has 1 N–H and O–H groups in total. The molecule has 1 unspecified atom stereocenters. The summed E-state index contributed by atoms with van der Waals surface area (Å²) in [5.74, 6) is -0.288. The molecule has 0 bridgehead atoms. The van der Waals surface area contributed by atoms with Crippen LogP contribution in [0, 0.1) is 0 Å². The van der Waals surface area contributed by atoms with Gasteiger partial charge in [-0.25, -0.2) is 8.42 Å². The molecule has 138 valence electrons. The van der Waals surface area contributed by atoms with Crippen LogP contribution in [-0.2, 0) is 22.9 Å². The van der Waals surface area contributed by atoms with E-state index < -0.39 is 10.0 Å². The number of anilines is 1. The molecule has 3 rings (SSSR count). The third-order valence-electron chi connectivity index (χ3n) is 4.96. The molecule has 0 saturated carbocycles. The number of rotatable bonds is 5. The number of benzene rings is 2. The summed E-state index contributed by atoms with van der Waals surface area (Å²) in [6.45, 7) is 1.94. The summed E-state index contributed by atoms with van der Waals surface area (Å²) in [5.41, 5.74) is 4.53. The van der Waals surface area contributed by atoms with Crippen molar-refractivity contribution in [2.75, 3.05) is 17.6 Å². The minimum atomic E-state index is -3.45. The highest BCUT2D eigenvalue weighted by Gasteiger charge is 2.21. The van der Waals surface area contributed by atoms with Crippen LogP contribution in [0.1, 0.15) is 46.4 Å². The number of nitrogens with zero attached hydrogens (tertiary/aromatic N) is 1. The van der Waals surface area contributed by atoms with E-state index in [9.17, 15) is 13.2 Å². The average molecular weight is 372 g/mol. The number of carbonyl (C=O) groups excluding carboxylic acids is 1. The number of para-hydroxylation sites is 1. The molecular formula is C20H24N2O3S. The number of amides is 1. The van der Waals surface area contributed by atoms with E-state index in [1.165, 1.54) is 24.6 Å². The van der Waals surface area contributed by atoms with Gasteiger partial charge in [0.2, 0.25) is 10.0 Å². The predicted molar refractivity (Wildman–Crippen MR) is 104 cm³/mol. The summed E-state index contributed by atoms with van der Waals surface area (Å²) in [4.78, 5) is 12.8. The Balaban J connectivity index is 1.82. The van der Waals surface area contributed by atoms with Crippen molar-refractivity contribution in [3.05, 3.63) is 64.7 Å². The summed E-state index contributed by atoms with van der Waals surface area (Å²) in [6, 6.07) is 12.9. The van der Waals surface area contributed by atoms with Crippen molar-refractivity contribution < 1.29 is 13.2 Å². The molecular weight excluding hydrogens is 348 g/mol. The van der Waals surface area contributed by atoms with Gasteiger partial charge in [0.05, 0.1) is 23.5 Å². The Morgan fingerprint density at radius 1 is 1.12 bits per heavy atom. The molecule has 1 atom stereocenters. The van der Waals surface area contributed by atoms with Gasteiger partial charge in [0.1, 0.15) is 0 Å². The van der Waals surface area contributed by atoms with Gasteiger partial charge in [0.25, 0.3) is 5.91 Å². The molecule has 2 aromatic rings. The molecule has 1 aliphatic rings. The lowest BCUT2D eigenvalue weighted by atomic mass is 10.0. The molecule has 0 heterocycles. The maximum atomic E-state index is 12.8. The molecule has 0 aromatic heterocycles. The maximum Gasteiger partial charge on any atom is 0.253 e. The van der Waals surface area contributed by atoms with E-state index >= 15 is 0 Å². The fourth-order valence-corrected chi connectivity index (χ4v) is 3.85. The van der Waals surface area contributed by atoms with E-state index in [-0.39, 0.29) is 11.9 Å². The van der Waals surface area contributed by atoms with Crippen molar-refractivity contribution in [2.45, 2.75) is 32.2 Å². The Hall–Kier alpha value is -2.34. The van der Waals surface area contributed by atoms with Gasteiger partial charge in [0, 0.05) is 7.05 Å². The van der Waals surface area contributed by atoms with E-state index in [4.69, 9.17) is 0 Å². The minimum Gasteiger partial charge on any atom is -0.345 e. The van der Waals surface area contributed by atoms with Crippen LogP contribution in [0.3, 0.4) is 0 Å². The molecule has 0 fully saturated rings. The Morgan fingerprint density at radius 2 is 1.81 bits per heavy atom. The summed E-state index contributed by atoms with van der Waals surface area (Å²) >= 11 is 0. The summed E-state index contributed by atoms with van der Waals surface area (Å²) in [6.07, 6.45) is 4.52.